The summed E-state index contributed by atoms with van der Waals surface area (Å²) in [5, 5.41) is 0. The Morgan fingerprint density at radius 3 is 2.62 bits per heavy atom. The predicted molar refractivity (Wildman–Crippen MR) is 152 cm³/mol. The molecule has 0 saturated carbocycles. The molecule has 37 heavy (non-hydrogen) atoms. The molecule has 2 aromatic carbocycles. The molecule has 2 aliphatic rings. The second-order valence-corrected chi connectivity index (χ2v) is 12.8. The predicted octanol–water partition coefficient (Wildman–Crippen LogP) is 6.06. The van der Waals surface area contributed by atoms with Crippen LogP contribution in [0.3, 0.4) is 0 Å². The summed E-state index contributed by atoms with van der Waals surface area (Å²) in [5.74, 6) is -0.855. The third kappa shape index (κ3) is 7.04. The van der Waals surface area contributed by atoms with Crippen LogP contribution < -0.4 is 0 Å². The molecule has 0 aliphatic carbocycles. The minimum atomic E-state index is -0.598. The molecule has 2 aliphatic heterocycles. The number of ether oxygens (including phenoxy) is 2. The minimum Gasteiger partial charge on any atom is -0.447 e. The van der Waals surface area contributed by atoms with E-state index in [0.29, 0.717) is 32.4 Å². The number of hydrogen-bond donors (Lipinski definition) is 0. The number of hydrogen-bond acceptors (Lipinski definition) is 5. The highest BCUT2D eigenvalue weighted by molar-refractivity contribution is 14.1. The molecule has 2 saturated heterocycles. The molecule has 7 nitrogen and oxygen atoms in total. The maximum atomic E-state index is 14.1. The largest absolute Gasteiger partial charge is 0.447 e. The van der Waals surface area contributed by atoms with Crippen molar-refractivity contribution in [3.8, 4) is 0 Å². The summed E-state index contributed by atoms with van der Waals surface area (Å²) in [6, 6.07) is 15.5. The number of benzene rings is 2. The summed E-state index contributed by atoms with van der Waals surface area (Å²) in [5.41, 5.74) is 1.44. The maximum absolute atomic E-state index is 14.1. The first kappa shape index (κ1) is 27.9. The zero-order chi connectivity index (χ0) is 26.7. The Labute approximate surface area is 240 Å². The van der Waals surface area contributed by atoms with Crippen molar-refractivity contribution in [2.24, 2.45) is 11.8 Å². The third-order valence-corrected chi connectivity index (χ3v) is 8.17. The lowest BCUT2D eigenvalue weighted by molar-refractivity contribution is -0.135. The van der Waals surface area contributed by atoms with Gasteiger partial charge >= 0.3 is 12.2 Å². The van der Waals surface area contributed by atoms with E-state index in [2.05, 4.69) is 44.6 Å². The van der Waals surface area contributed by atoms with Gasteiger partial charge in [-0.15, -0.1) is 0 Å². The van der Waals surface area contributed by atoms with Crippen molar-refractivity contribution in [2.75, 3.05) is 19.7 Å². The summed E-state index contributed by atoms with van der Waals surface area (Å²) in [6.45, 7) is 6.60. The molecule has 198 valence electrons. The number of nitrogens with zero attached hydrogens (tertiary/aromatic N) is 2. The number of cyclic esters (lactones) is 1. The van der Waals surface area contributed by atoms with E-state index in [1.54, 1.807) is 4.90 Å². The van der Waals surface area contributed by atoms with Gasteiger partial charge in [0.2, 0.25) is 5.91 Å². The van der Waals surface area contributed by atoms with E-state index in [1.165, 1.54) is 4.90 Å². The summed E-state index contributed by atoms with van der Waals surface area (Å²) >= 11 is 5.89. The Hall–Kier alpha value is -2.14. The first-order chi connectivity index (χ1) is 17.5. The number of likely N-dealkylation sites (tertiary alicyclic amines) is 1. The zero-order valence-corrected chi connectivity index (χ0v) is 25.0. The monoisotopic (exact) mass is 682 g/mol. The van der Waals surface area contributed by atoms with Gasteiger partial charge in [-0.1, -0.05) is 46.3 Å². The Balaban J connectivity index is 1.59. The Morgan fingerprint density at radius 2 is 1.92 bits per heavy atom. The minimum absolute atomic E-state index is 0.115. The van der Waals surface area contributed by atoms with Gasteiger partial charge in [0.15, 0.2) is 0 Å². The van der Waals surface area contributed by atoms with Gasteiger partial charge in [-0.05, 0) is 97.9 Å². The number of halogens is 2. The molecule has 4 rings (SSSR count). The molecular weight excluding hydrogens is 651 g/mol. The Bertz CT molecular complexity index is 1150. The molecule has 3 amide bonds. The molecule has 0 N–H and O–H groups in total. The molecule has 0 bridgehead atoms. The molecule has 0 aromatic heterocycles. The van der Waals surface area contributed by atoms with Crippen molar-refractivity contribution >= 4 is 56.6 Å². The van der Waals surface area contributed by atoms with Gasteiger partial charge in [-0.25, -0.2) is 14.5 Å². The van der Waals surface area contributed by atoms with E-state index in [-0.39, 0.29) is 30.6 Å². The lowest BCUT2D eigenvalue weighted by Gasteiger charge is -2.29. The topological polar surface area (TPSA) is 76.2 Å². The van der Waals surface area contributed by atoms with E-state index in [4.69, 9.17) is 9.47 Å². The zero-order valence-electron chi connectivity index (χ0n) is 21.3. The van der Waals surface area contributed by atoms with E-state index >= 15 is 0 Å². The van der Waals surface area contributed by atoms with Crippen molar-refractivity contribution in [1.29, 1.82) is 0 Å². The summed E-state index contributed by atoms with van der Waals surface area (Å²) < 4.78 is 12.9. The molecule has 2 heterocycles. The number of carbonyl (C=O) groups is 3. The molecule has 0 spiro atoms. The van der Waals surface area contributed by atoms with E-state index in [0.717, 1.165) is 19.2 Å². The van der Waals surface area contributed by atoms with Crippen molar-refractivity contribution in [2.45, 2.75) is 51.7 Å². The lowest BCUT2D eigenvalue weighted by Crippen LogP contribution is -2.46. The van der Waals surface area contributed by atoms with Gasteiger partial charge in [0, 0.05) is 27.1 Å². The SMILES string of the molecule is CC(C)(C)OC(=O)N1CC[C@H]([C@H](Cc2cc(I)ccc2Br)C(=O)N2C(=O)OC[C@@H]2Cc2ccccc2)C1. The van der Waals surface area contributed by atoms with Crippen molar-refractivity contribution in [3.05, 3.63) is 67.7 Å². The number of imide groups is 1. The first-order valence-electron chi connectivity index (χ1n) is 12.5. The maximum Gasteiger partial charge on any atom is 0.416 e. The highest BCUT2D eigenvalue weighted by atomic mass is 127. The van der Waals surface area contributed by atoms with Crippen LogP contribution in [0.2, 0.25) is 0 Å². The van der Waals surface area contributed by atoms with Crippen LogP contribution in [0.25, 0.3) is 0 Å². The molecule has 2 fully saturated rings. The van der Waals surface area contributed by atoms with Crippen LogP contribution >= 0.6 is 38.5 Å². The fourth-order valence-corrected chi connectivity index (χ4v) is 5.91. The van der Waals surface area contributed by atoms with Gasteiger partial charge in [0.1, 0.15) is 12.2 Å². The van der Waals surface area contributed by atoms with Gasteiger partial charge in [-0.3, -0.25) is 4.79 Å². The molecule has 0 unspecified atom stereocenters. The van der Waals surface area contributed by atoms with Crippen molar-refractivity contribution in [1.82, 2.24) is 9.80 Å². The third-order valence-electron chi connectivity index (χ3n) is 6.72. The van der Waals surface area contributed by atoms with Gasteiger partial charge in [0.05, 0.1) is 6.04 Å². The van der Waals surface area contributed by atoms with Gasteiger partial charge in [0.25, 0.3) is 0 Å². The highest BCUT2D eigenvalue weighted by Crippen LogP contribution is 2.34. The number of rotatable bonds is 6. The van der Waals surface area contributed by atoms with Crippen LogP contribution in [0, 0.1) is 15.4 Å². The summed E-state index contributed by atoms with van der Waals surface area (Å²) in [7, 11) is 0. The Morgan fingerprint density at radius 1 is 1.19 bits per heavy atom. The molecule has 2 aromatic rings. The number of carbonyl (C=O) groups excluding carboxylic acids is 3. The van der Waals surface area contributed by atoms with Crippen LogP contribution in [0.5, 0.6) is 0 Å². The van der Waals surface area contributed by atoms with Crippen molar-refractivity contribution in [3.63, 3.8) is 0 Å². The van der Waals surface area contributed by atoms with E-state index in [9.17, 15) is 14.4 Å². The van der Waals surface area contributed by atoms with Gasteiger partial charge < -0.3 is 14.4 Å². The normalized spacial score (nSPS) is 20.6. The van der Waals surface area contributed by atoms with Crippen LogP contribution in [0.4, 0.5) is 9.59 Å². The lowest BCUT2D eigenvalue weighted by atomic mass is 9.84. The average Bonchev–Trinajstić information content (AvgIpc) is 3.46. The second kappa shape index (κ2) is 11.7. The van der Waals surface area contributed by atoms with E-state index in [1.807, 2.05) is 63.2 Å². The average molecular weight is 683 g/mol. The summed E-state index contributed by atoms with van der Waals surface area (Å²) in [4.78, 5) is 42.7. The first-order valence-corrected chi connectivity index (χ1v) is 14.3. The van der Waals surface area contributed by atoms with Crippen LogP contribution in [-0.2, 0) is 27.1 Å². The fourth-order valence-electron chi connectivity index (χ4n) is 4.95. The van der Waals surface area contributed by atoms with E-state index < -0.39 is 17.6 Å². The van der Waals surface area contributed by atoms with Crippen LogP contribution in [0.1, 0.15) is 38.3 Å². The van der Waals surface area contributed by atoms with Crippen molar-refractivity contribution < 1.29 is 23.9 Å². The molecular formula is C28H32BrIN2O5. The summed E-state index contributed by atoms with van der Waals surface area (Å²) in [6.07, 6.45) is 0.667. The molecule has 9 heteroatoms. The second-order valence-electron chi connectivity index (χ2n) is 10.7. The smallest absolute Gasteiger partial charge is 0.416 e. The Kier molecular flexibility index (Phi) is 8.83. The van der Waals surface area contributed by atoms with Gasteiger partial charge in [-0.2, -0.15) is 0 Å². The fraction of sp³-hybridized carbons (Fsp3) is 0.464. The van der Waals surface area contributed by atoms with Crippen LogP contribution in [0.15, 0.2) is 53.0 Å². The highest BCUT2D eigenvalue weighted by Gasteiger charge is 2.45. The van der Waals surface area contributed by atoms with Crippen LogP contribution in [-0.4, -0.2) is 59.2 Å². The molecule has 0 radical (unpaired) electrons. The standard InChI is InChI=1S/C28H32BrIN2O5/c1-28(2,3)37-26(34)31-12-11-19(16-31)23(15-20-14-21(30)9-10-24(20)29)25(33)32-22(17-36-27(32)35)13-18-7-5-4-6-8-18/h4-10,14,19,22-23H,11-13,15-17H2,1-3H3/t19-,22-,23-/m0/s1. The molecule has 3 atom stereocenters. The quantitative estimate of drug-likeness (QED) is 0.347. The number of amides is 3.